The molecule has 0 bridgehead atoms. The van der Waals surface area contributed by atoms with Crippen LogP contribution in [0.1, 0.15) is 18.9 Å². The summed E-state index contributed by atoms with van der Waals surface area (Å²) in [7, 11) is 0. The fourth-order valence-corrected chi connectivity index (χ4v) is 1.41. The number of rotatable bonds is 4. The maximum atomic E-state index is 12.0. The van der Waals surface area contributed by atoms with Gasteiger partial charge in [0.05, 0.1) is 0 Å². The monoisotopic (exact) mass is 245 g/mol. The summed E-state index contributed by atoms with van der Waals surface area (Å²) in [5.41, 5.74) is 1.04. The fourth-order valence-electron chi connectivity index (χ4n) is 1.41. The number of amides is 1. The van der Waals surface area contributed by atoms with Crippen LogP contribution in [0.2, 0.25) is 0 Å². The SMILES string of the molecule is C[C@@H](CCc1ccccc1)NC(=O)C(F)(F)F. The lowest BCUT2D eigenvalue weighted by Gasteiger charge is -2.15. The molecule has 5 heteroatoms. The van der Waals surface area contributed by atoms with E-state index in [0.717, 1.165) is 5.56 Å². The van der Waals surface area contributed by atoms with E-state index in [9.17, 15) is 18.0 Å². The summed E-state index contributed by atoms with van der Waals surface area (Å²) in [6.07, 6.45) is -3.69. The molecule has 1 N–H and O–H groups in total. The maximum absolute atomic E-state index is 12.0. The van der Waals surface area contributed by atoms with Gasteiger partial charge < -0.3 is 5.32 Å². The van der Waals surface area contributed by atoms with Crippen LogP contribution in [0.5, 0.6) is 0 Å². The molecule has 1 aromatic rings. The smallest absolute Gasteiger partial charge is 0.346 e. The Labute approximate surface area is 97.8 Å². The van der Waals surface area contributed by atoms with Crippen LogP contribution in [0, 0.1) is 0 Å². The molecule has 1 aromatic carbocycles. The number of carbonyl (C=O) groups excluding carboxylic acids is 1. The van der Waals surface area contributed by atoms with Crippen molar-refractivity contribution >= 4 is 5.91 Å². The Kier molecular flexibility index (Phi) is 4.54. The Morgan fingerprint density at radius 2 is 1.88 bits per heavy atom. The van der Waals surface area contributed by atoms with E-state index in [-0.39, 0.29) is 0 Å². The van der Waals surface area contributed by atoms with Gasteiger partial charge in [-0.1, -0.05) is 30.3 Å². The molecule has 1 amide bonds. The minimum Gasteiger partial charge on any atom is -0.346 e. The van der Waals surface area contributed by atoms with Crippen LogP contribution >= 0.6 is 0 Å². The van der Waals surface area contributed by atoms with Crippen LogP contribution < -0.4 is 5.32 Å². The van der Waals surface area contributed by atoms with Crippen LogP contribution in [-0.2, 0) is 11.2 Å². The summed E-state index contributed by atoms with van der Waals surface area (Å²) in [4.78, 5) is 10.7. The van der Waals surface area contributed by atoms with Gasteiger partial charge in [-0.3, -0.25) is 4.79 Å². The second-order valence-corrected chi connectivity index (χ2v) is 3.90. The minimum absolute atomic E-state index is 0.478. The summed E-state index contributed by atoms with van der Waals surface area (Å²) in [6.45, 7) is 1.56. The number of carbonyl (C=O) groups is 1. The molecule has 0 heterocycles. The number of aryl methyl sites for hydroxylation is 1. The predicted molar refractivity (Wildman–Crippen MR) is 58.4 cm³/mol. The molecule has 0 aliphatic heterocycles. The van der Waals surface area contributed by atoms with E-state index in [1.54, 1.807) is 6.92 Å². The first-order chi connectivity index (χ1) is 7.89. The van der Waals surface area contributed by atoms with Gasteiger partial charge >= 0.3 is 12.1 Å². The van der Waals surface area contributed by atoms with Crippen molar-refractivity contribution < 1.29 is 18.0 Å². The van der Waals surface area contributed by atoms with E-state index in [1.165, 1.54) is 0 Å². The lowest BCUT2D eigenvalue weighted by Crippen LogP contribution is -2.42. The highest BCUT2D eigenvalue weighted by atomic mass is 19.4. The van der Waals surface area contributed by atoms with E-state index in [2.05, 4.69) is 0 Å². The first-order valence-electron chi connectivity index (χ1n) is 5.31. The van der Waals surface area contributed by atoms with Crippen molar-refractivity contribution in [3.8, 4) is 0 Å². The molecule has 0 radical (unpaired) electrons. The lowest BCUT2D eigenvalue weighted by molar-refractivity contribution is -0.174. The molecule has 0 saturated heterocycles. The molecular formula is C12H14F3NO. The van der Waals surface area contributed by atoms with E-state index < -0.39 is 18.1 Å². The Morgan fingerprint density at radius 1 is 1.29 bits per heavy atom. The van der Waals surface area contributed by atoms with Gasteiger partial charge in [-0.15, -0.1) is 0 Å². The molecule has 0 fully saturated rings. The predicted octanol–water partition coefficient (Wildman–Crippen LogP) is 2.69. The van der Waals surface area contributed by atoms with Crippen LogP contribution in [0.25, 0.3) is 0 Å². The third-order valence-electron chi connectivity index (χ3n) is 2.34. The third kappa shape index (κ3) is 4.89. The summed E-state index contributed by atoms with van der Waals surface area (Å²) < 4.78 is 35.9. The molecule has 0 aliphatic carbocycles. The summed E-state index contributed by atoms with van der Waals surface area (Å²) in [5.74, 6) is -1.88. The second kappa shape index (κ2) is 5.70. The molecule has 94 valence electrons. The zero-order chi connectivity index (χ0) is 12.9. The van der Waals surface area contributed by atoms with Crippen LogP contribution in [0.15, 0.2) is 30.3 Å². The summed E-state index contributed by atoms with van der Waals surface area (Å²) in [6, 6.07) is 8.92. The van der Waals surface area contributed by atoms with Crippen molar-refractivity contribution in [2.24, 2.45) is 0 Å². The van der Waals surface area contributed by atoms with E-state index >= 15 is 0 Å². The Morgan fingerprint density at radius 3 is 2.41 bits per heavy atom. The lowest BCUT2D eigenvalue weighted by atomic mass is 10.1. The van der Waals surface area contributed by atoms with E-state index in [1.807, 2.05) is 35.6 Å². The Hall–Kier alpha value is -1.52. The molecule has 1 atom stereocenters. The van der Waals surface area contributed by atoms with Crippen molar-refractivity contribution in [2.75, 3.05) is 0 Å². The highest BCUT2D eigenvalue weighted by Crippen LogP contribution is 2.15. The quantitative estimate of drug-likeness (QED) is 0.868. The molecule has 2 nitrogen and oxygen atoms in total. The largest absolute Gasteiger partial charge is 0.471 e. The molecule has 0 saturated carbocycles. The summed E-state index contributed by atoms with van der Waals surface area (Å²) >= 11 is 0. The number of alkyl halides is 3. The zero-order valence-corrected chi connectivity index (χ0v) is 9.42. The number of benzene rings is 1. The van der Waals surface area contributed by atoms with Crippen molar-refractivity contribution in [3.63, 3.8) is 0 Å². The van der Waals surface area contributed by atoms with Gasteiger partial charge in [-0.25, -0.2) is 0 Å². The van der Waals surface area contributed by atoms with Gasteiger partial charge in [0.2, 0.25) is 0 Å². The fraction of sp³-hybridized carbons (Fsp3) is 0.417. The molecule has 0 unspecified atom stereocenters. The highest BCUT2D eigenvalue weighted by molar-refractivity contribution is 5.81. The van der Waals surface area contributed by atoms with Crippen LogP contribution in [0.3, 0.4) is 0 Å². The molecule has 0 aliphatic rings. The summed E-state index contributed by atoms with van der Waals surface area (Å²) in [5, 5.41) is 1.93. The molecule has 0 spiro atoms. The van der Waals surface area contributed by atoms with Crippen LogP contribution in [0.4, 0.5) is 13.2 Å². The number of nitrogens with one attached hydrogen (secondary N) is 1. The first-order valence-corrected chi connectivity index (χ1v) is 5.31. The normalized spacial score (nSPS) is 13.2. The van der Waals surface area contributed by atoms with Gasteiger partial charge in [-0.05, 0) is 25.3 Å². The average molecular weight is 245 g/mol. The molecular weight excluding hydrogens is 231 g/mol. The van der Waals surface area contributed by atoms with Crippen molar-refractivity contribution in [1.82, 2.24) is 5.32 Å². The van der Waals surface area contributed by atoms with Crippen LogP contribution in [-0.4, -0.2) is 18.1 Å². The topological polar surface area (TPSA) is 29.1 Å². The van der Waals surface area contributed by atoms with Crippen molar-refractivity contribution in [3.05, 3.63) is 35.9 Å². The molecule has 1 rings (SSSR count). The van der Waals surface area contributed by atoms with E-state index in [4.69, 9.17) is 0 Å². The second-order valence-electron chi connectivity index (χ2n) is 3.90. The number of halogens is 3. The van der Waals surface area contributed by atoms with Gasteiger partial charge in [0.1, 0.15) is 0 Å². The van der Waals surface area contributed by atoms with Gasteiger partial charge in [-0.2, -0.15) is 13.2 Å². The third-order valence-corrected chi connectivity index (χ3v) is 2.34. The Bertz CT molecular complexity index is 362. The van der Waals surface area contributed by atoms with Gasteiger partial charge in [0.25, 0.3) is 0 Å². The average Bonchev–Trinajstić information content (AvgIpc) is 2.26. The standard InChI is InChI=1S/C12H14F3NO/c1-9(16-11(17)12(13,14)15)7-8-10-5-3-2-4-6-10/h2-6,9H,7-8H2,1H3,(H,16,17)/t9-/m0/s1. The number of hydrogen-bond acceptors (Lipinski definition) is 1. The molecule has 17 heavy (non-hydrogen) atoms. The van der Waals surface area contributed by atoms with Crippen molar-refractivity contribution in [2.45, 2.75) is 32.0 Å². The zero-order valence-electron chi connectivity index (χ0n) is 9.42. The minimum atomic E-state index is -4.80. The van der Waals surface area contributed by atoms with Gasteiger partial charge in [0, 0.05) is 6.04 Å². The maximum Gasteiger partial charge on any atom is 0.471 e. The van der Waals surface area contributed by atoms with Crippen molar-refractivity contribution in [1.29, 1.82) is 0 Å². The van der Waals surface area contributed by atoms with Gasteiger partial charge in [0.15, 0.2) is 0 Å². The number of hydrogen-bond donors (Lipinski definition) is 1. The highest BCUT2D eigenvalue weighted by Gasteiger charge is 2.39. The van der Waals surface area contributed by atoms with E-state index in [0.29, 0.717) is 12.8 Å². The Balaban J connectivity index is 2.36. The first kappa shape index (κ1) is 13.5. The molecule has 0 aromatic heterocycles.